The Bertz CT molecular complexity index is 1410. The zero-order valence-electron chi connectivity index (χ0n) is 22.6. The summed E-state index contributed by atoms with van der Waals surface area (Å²) in [7, 11) is 2.54. The van der Waals surface area contributed by atoms with Crippen LogP contribution < -0.4 is 14.2 Å². The number of fused-ring (bicyclic) bond motifs is 1. The van der Waals surface area contributed by atoms with Crippen LogP contribution in [0.25, 0.3) is 0 Å². The fourth-order valence-electron chi connectivity index (χ4n) is 4.79. The van der Waals surface area contributed by atoms with Crippen LogP contribution in [0.5, 0.6) is 17.2 Å². The van der Waals surface area contributed by atoms with Crippen LogP contribution >= 0.6 is 0 Å². The van der Waals surface area contributed by atoms with Crippen molar-refractivity contribution in [1.82, 2.24) is 9.21 Å². The van der Waals surface area contributed by atoms with E-state index < -0.39 is 16.1 Å². The minimum atomic E-state index is -3.59. The molecule has 0 N–H and O–H groups in total. The van der Waals surface area contributed by atoms with Crippen molar-refractivity contribution in [3.8, 4) is 17.2 Å². The minimum Gasteiger partial charge on any atom is -0.493 e. The Morgan fingerprint density at radius 1 is 0.947 bits per heavy atom. The Kier molecular flexibility index (Phi) is 7.99. The van der Waals surface area contributed by atoms with Crippen LogP contribution in [0, 0.1) is 13.8 Å². The molecule has 1 atom stereocenters. The quantitative estimate of drug-likeness (QED) is 0.423. The van der Waals surface area contributed by atoms with Gasteiger partial charge in [-0.1, -0.05) is 6.07 Å². The summed E-state index contributed by atoms with van der Waals surface area (Å²) in [6, 6.07) is 15.6. The van der Waals surface area contributed by atoms with Gasteiger partial charge < -0.3 is 19.1 Å². The first kappa shape index (κ1) is 27.5. The largest absolute Gasteiger partial charge is 0.493 e. The van der Waals surface area contributed by atoms with E-state index in [1.54, 1.807) is 31.3 Å². The van der Waals surface area contributed by atoms with E-state index in [9.17, 15) is 13.2 Å². The van der Waals surface area contributed by atoms with Crippen molar-refractivity contribution >= 4 is 15.9 Å². The molecule has 0 aromatic heterocycles. The number of methoxy groups -OCH3 is 2. The summed E-state index contributed by atoms with van der Waals surface area (Å²) in [5.41, 5.74) is 4.59. The van der Waals surface area contributed by atoms with Gasteiger partial charge in [-0.05, 0) is 91.1 Å². The van der Waals surface area contributed by atoms with Crippen molar-refractivity contribution in [3.05, 3.63) is 82.4 Å². The predicted molar refractivity (Wildman–Crippen MR) is 146 cm³/mol. The molecule has 1 aliphatic heterocycles. The average Bonchev–Trinajstić information content (AvgIpc) is 2.89. The van der Waals surface area contributed by atoms with Crippen LogP contribution in [-0.4, -0.2) is 65.0 Å². The van der Waals surface area contributed by atoms with Gasteiger partial charge in [0.25, 0.3) is 5.91 Å². The average molecular weight is 539 g/mol. The van der Waals surface area contributed by atoms with Crippen LogP contribution in [0.15, 0.2) is 59.5 Å². The highest BCUT2D eigenvalue weighted by Crippen LogP contribution is 2.39. The van der Waals surface area contributed by atoms with Crippen LogP contribution in [0.4, 0.5) is 0 Å². The second-order valence-corrected chi connectivity index (χ2v) is 11.8. The van der Waals surface area contributed by atoms with Gasteiger partial charge >= 0.3 is 0 Å². The molecule has 0 radical (unpaired) electrons. The fourth-order valence-corrected chi connectivity index (χ4v) is 5.69. The molecule has 3 aromatic carbocycles. The molecule has 9 heteroatoms. The Morgan fingerprint density at radius 2 is 1.55 bits per heavy atom. The van der Waals surface area contributed by atoms with Gasteiger partial charge in [0.15, 0.2) is 11.5 Å². The van der Waals surface area contributed by atoms with Gasteiger partial charge in [-0.15, -0.1) is 0 Å². The summed E-state index contributed by atoms with van der Waals surface area (Å²) in [4.78, 5) is 15.7. The van der Waals surface area contributed by atoms with Crippen LogP contribution in [0.2, 0.25) is 0 Å². The minimum absolute atomic E-state index is 0.134. The predicted octanol–water partition coefficient (Wildman–Crippen LogP) is 4.39. The molecule has 8 nitrogen and oxygen atoms in total. The SMILES string of the molecule is COc1cc2c(cc1OC)[C@@H](COc1cc(C)cc(C)c1)N(C(=O)c1ccc(S(=O)(=O)N(C)C)cc1)CC2. The number of nitrogens with zero attached hydrogens (tertiary/aromatic N) is 2. The van der Waals surface area contributed by atoms with Crippen molar-refractivity contribution in [2.24, 2.45) is 0 Å². The summed E-state index contributed by atoms with van der Waals surface area (Å²) >= 11 is 0. The highest BCUT2D eigenvalue weighted by molar-refractivity contribution is 7.89. The maximum atomic E-state index is 13.8. The summed E-state index contributed by atoms with van der Waals surface area (Å²) in [5.74, 6) is 1.75. The standard InChI is InChI=1S/C29H34N2O6S/c1-19-13-20(2)15-23(14-19)37-18-26-25-17-28(36-6)27(35-5)16-22(25)11-12-31(26)29(32)21-7-9-24(10-8-21)38(33,34)30(3)4/h7-10,13-17,26H,11-12,18H2,1-6H3/t26-/m1/s1. The van der Waals surface area contributed by atoms with E-state index in [0.29, 0.717) is 30.0 Å². The maximum Gasteiger partial charge on any atom is 0.254 e. The highest BCUT2D eigenvalue weighted by Gasteiger charge is 2.33. The van der Waals surface area contributed by atoms with Crippen LogP contribution in [0.3, 0.4) is 0 Å². The van der Waals surface area contributed by atoms with Crippen molar-refractivity contribution in [2.45, 2.75) is 31.2 Å². The molecule has 1 aliphatic rings. The molecule has 4 rings (SSSR count). The summed E-state index contributed by atoms with van der Waals surface area (Å²) in [5, 5.41) is 0. The fraction of sp³-hybridized carbons (Fsp3) is 0.345. The highest BCUT2D eigenvalue weighted by atomic mass is 32.2. The Hall–Kier alpha value is -3.56. The van der Waals surface area contributed by atoms with Gasteiger partial charge in [0, 0.05) is 26.2 Å². The molecule has 0 saturated carbocycles. The van der Waals surface area contributed by atoms with E-state index in [4.69, 9.17) is 14.2 Å². The maximum absolute atomic E-state index is 13.8. The first-order chi connectivity index (χ1) is 18.0. The molecule has 0 spiro atoms. The number of benzene rings is 3. The van der Waals surface area contributed by atoms with E-state index in [-0.39, 0.29) is 17.4 Å². The number of aryl methyl sites for hydroxylation is 2. The molecule has 202 valence electrons. The van der Waals surface area contributed by atoms with E-state index in [1.807, 2.05) is 38.1 Å². The van der Waals surface area contributed by atoms with Crippen LogP contribution in [0.1, 0.15) is 38.7 Å². The van der Waals surface area contributed by atoms with Gasteiger partial charge in [-0.3, -0.25) is 4.79 Å². The number of hydrogen-bond donors (Lipinski definition) is 0. The number of carbonyl (C=O) groups is 1. The second-order valence-electron chi connectivity index (χ2n) is 9.62. The Labute approximate surface area is 224 Å². The lowest BCUT2D eigenvalue weighted by molar-refractivity contribution is 0.0589. The molecule has 0 fully saturated rings. The Morgan fingerprint density at radius 3 is 2.13 bits per heavy atom. The number of ether oxygens (including phenoxy) is 3. The summed E-state index contributed by atoms with van der Waals surface area (Å²) in [6.07, 6.45) is 0.634. The lowest BCUT2D eigenvalue weighted by atomic mass is 9.91. The first-order valence-corrected chi connectivity index (χ1v) is 13.8. The first-order valence-electron chi connectivity index (χ1n) is 12.3. The second kappa shape index (κ2) is 11.0. The number of carbonyl (C=O) groups excluding carboxylic acids is 1. The third kappa shape index (κ3) is 5.49. The summed E-state index contributed by atoms with van der Waals surface area (Å²) in [6.45, 7) is 4.75. The van der Waals surface area contributed by atoms with E-state index in [0.717, 1.165) is 32.3 Å². The molecule has 0 saturated heterocycles. The van der Waals surface area contributed by atoms with Crippen LogP contribution in [-0.2, 0) is 16.4 Å². The van der Waals surface area contributed by atoms with Crippen molar-refractivity contribution in [3.63, 3.8) is 0 Å². The van der Waals surface area contributed by atoms with Gasteiger partial charge in [0.05, 0.1) is 25.2 Å². The third-order valence-electron chi connectivity index (χ3n) is 6.75. The lowest BCUT2D eigenvalue weighted by Gasteiger charge is -2.37. The van der Waals surface area contributed by atoms with Gasteiger partial charge in [-0.25, -0.2) is 12.7 Å². The van der Waals surface area contributed by atoms with Gasteiger partial charge in [0.1, 0.15) is 12.4 Å². The third-order valence-corrected chi connectivity index (χ3v) is 8.58. The molecule has 0 aliphatic carbocycles. The van der Waals surface area contributed by atoms with Gasteiger partial charge in [0.2, 0.25) is 10.0 Å². The molecule has 3 aromatic rings. The smallest absolute Gasteiger partial charge is 0.254 e. The molecule has 0 unspecified atom stereocenters. The van der Waals surface area contributed by atoms with E-state index in [1.165, 1.54) is 26.2 Å². The molecule has 1 amide bonds. The number of hydrogen-bond acceptors (Lipinski definition) is 6. The number of sulfonamides is 1. The normalized spacial score (nSPS) is 15.2. The monoisotopic (exact) mass is 538 g/mol. The number of amides is 1. The van der Waals surface area contributed by atoms with Gasteiger partial charge in [-0.2, -0.15) is 0 Å². The van der Waals surface area contributed by atoms with Crippen molar-refractivity contribution < 1.29 is 27.4 Å². The zero-order chi connectivity index (χ0) is 27.6. The molecule has 38 heavy (non-hydrogen) atoms. The lowest BCUT2D eigenvalue weighted by Crippen LogP contribution is -2.42. The molecular weight excluding hydrogens is 504 g/mol. The summed E-state index contributed by atoms with van der Waals surface area (Å²) < 4.78 is 43.4. The molecule has 0 bridgehead atoms. The zero-order valence-corrected chi connectivity index (χ0v) is 23.5. The van der Waals surface area contributed by atoms with Crippen molar-refractivity contribution in [1.29, 1.82) is 0 Å². The van der Waals surface area contributed by atoms with Crippen molar-refractivity contribution in [2.75, 3.05) is 41.5 Å². The number of rotatable bonds is 8. The topological polar surface area (TPSA) is 85.4 Å². The van der Waals surface area contributed by atoms with E-state index in [2.05, 4.69) is 6.07 Å². The van der Waals surface area contributed by atoms with E-state index >= 15 is 0 Å². The molecular formula is C29H34N2O6S. The molecule has 1 heterocycles. The Balaban J connectivity index is 1.70.